The molecule has 0 aliphatic rings. The molecular formula is C14H27IN4O2S2. The summed E-state index contributed by atoms with van der Waals surface area (Å²) in [5.74, 6) is 0.818. The van der Waals surface area contributed by atoms with Gasteiger partial charge in [0.15, 0.2) is 5.96 Å². The molecule has 23 heavy (non-hydrogen) atoms. The van der Waals surface area contributed by atoms with Gasteiger partial charge in [0.1, 0.15) is 4.21 Å². The number of hydrogen-bond acceptors (Lipinski definition) is 4. The van der Waals surface area contributed by atoms with Gasteiger partial charge in [-0.3, -0.25) is 4.99 Å². The molecule has 0 aromatic carbocycles. The Labute approximate surface area is 161 Å². The standard InChI is InChI=1S/C14H26N4O2S2.HI/c1-6-7-10-18(5)14(15-2)16-11-12-8-9-13(21-12)22(19,20)17(3)4;/h8-9H,6-7,10-11H2,1-5H3,(H,15,16);1H. The van der Waals surface area contributed by atoms with Crippen LogP contribution in [0.15, 0.2) is 21.3 Å². The van der Waals surface area contributed by atoms with Gasteiger partial charge in [-0.15, -0.1) is 35.3 Å². The summed E-state index contributed by atoms with van der Waals surface area (Å²) < 4.78 is 25.7. The van der Waals surface area contributed by atoms with E-state index in [0.29, 0.717) is 10.8 Å². The van der Waals surface area contributed by atoms with Crippen LogP contribution < -0.4 is 5.32 Å². The Balaban J connectivity index is 0.00000484. The minimum Gasteiger partial charge on any atom is -0.351 e. The molecule has 0 saturated heterocycles. The first-order valence-corrected chi connectivity index (χ1v) is 9.51. The third-order valence-corrected chi connectivity index (χ3v) is 6.58. The zero-order valence-electron chi connectivity index (χ0n) is 14.4. The Kier molecular flexibility index (Phi) is 10.3. The Morgan fingerprint density at radius 1 is 1.30 bits per heavy atom. The molecular weight excluding hydrogens is 447 g/mol. The van der Waals surface area contributed by atoms with E-state index in [1.807, 2.05) is 13.1 Å². The molecule has 9 heteroatoms. The van der Waals surface area contributed by atoms with E-state index in [4.69, 9.17) is 0 Å². The highest BCUT2D eigenvalue weighted by atomic mass is 127. The molecule has 1 aromatic rings. The molecule has 6 nitrogen and oxygen atoms in total. The van der Waals surface area contributed by atoms with Crippen molar-refractivity contribution in [1.82, 2.24) is 14.5 Å². The molecule has 0 atom stereocenters. The highest BCUT2D eigenvalue weighted by Gasteiger charge is 2.19. The van der Waals surface area contributed by atoms with Crippen molar-refractivity contribution in [1.29, 1.82) is 0 Å². The summed E-state index contributed by atoms with van der Waals surface area (Å²) in [6, 6.07) is 3.49. The molecule has 0 aliphatic heterocycles. The van der Waals surface area contributed by atoms with Crippen molar-refractivity contribution in [2.24, 2.45) is 4.99 Å². The van der Waals surface area contributed by atoms with E-state index in [2.05, 4.69) is 22.1 Å². The van der Waals surface area contributed by atoms with Crippen LogP contribution >= 0.6 is 35.3 Å². The molecule has 0 saturated carbocycles. The van der Waals surface area contributed by atoms with Crippen molar-refractivity contribution in [2.45, 2.75) is 30.5 Å². The second-order valence-corrected chi connectivity index (χ2v) is 8.73. The van der Waals surface area contributed by atoms with E-state index >= 15 is 0 Å². The number of nitrogens with one attached hydrogen (secondary N) is 1. The maximum Gasteiger partial charge on any atom is 0.252 e. The van der Waals surface area contributed by atoms with Crippen LogP contribution in [0.1, 0.15) is 24.6 Å². The predicted molar refractivity (Wildman–Crippen MR) is 108 cm³/mol. The summed E-state index contributed by atoms with van der Waals surface area (Å²) in [5, 5.41) is 3.27. The largest absolute Gasteiger partial charge is 0.351 e. The van der Waals surface area contributed by atoms with Gasteiger partial charge >= 0.3 is 0 Å². The average Bonchev–Trinajstić information content (AvgIpc) is 2.95. The van der Waals surface area contributed by atoms with Crippen LogP contribution in [0.5, 0.6) is 0 Å². The quantitative estimate of drug-likeness (QED) is 0.375. The normalized spacial score (nSPS) is 12.2. The summed E-state index contributed by atoms with van der Waals surface area (Å²) in [4.78, 5) is 7.29. The maximum atomic E-state index is 12.1. The molecule has 0 amide bonds. The van der Waals surface area contributed by atoms with Gasteiger partial charge in [-0.05, 0) is 18.6 Å². The molecule has 0 bridgehead atoms. The van der Waals surface area contributed by atoms with Crippen LogP contribution in [0, 0.1) is 0 Å². The first-order valence-electron chi connectivity index (χ1n) is 7.26. The predicted octanol–water partition coefficient (Wildman–Crippen LogP) is 2.42. The van der Waals surface area contributed by atoms with Crippen molar-refractivity contribution < 1.29 is 8.42 Å². The highest BCUT2D eigenvalue weighted by molar-refractivity contribution is 14.0. The van der Waals surface area contributed by atoms with E-state index < -0.39 is 10.0 Å². The van der Waals surface area contributed by atoms with Crippen molar-refractivity contribution in [2.75, 3.05) is 34.7 Å². The third-order valence-electron chi connectivity index (χ3n) is 3.21. The first-order chi connectivity index (χ1) is 10.3. The van der Waals surface area contributed by atoms with Crippen LogP contribution in [0.3, 0.4) is 0 Å². The summed E-state index contributed by atoms with van der Waals surface area (Å²) in [5.41, 5.74) is 0. The van der Waals surface area contributed by atoms with E-state index in [9.17, 15) is 8.42 Å². The molecule has 1 rings (SSSR count). The Morgan fingerprint density at radius 3 is 2.48 bits per heavy atom. The Morgan fingerprint density at radius 2 is 1.96 bits per heavy atom. The smallest absolute Gasteiger partial charge is 0.252 e. The van der Waals surface area contributed by atoms with Gasteiger partial charge < -0.3 is 10.2 Å². The van der Waals surface area contributed by atoms with Gasteiger partial charge in [-0.2, -0.15) is 0 Å². The lowest BCUT2D eigenvalue weighted by atomic mass is 10.3. The number of guanidine groups is 1. The molecule has 1 N–H and O–H groups in total. The zero-order valence-corrected chi connectivity index (χ0v) is 18.3. The zero-order chi connectivity index (χ0) is 16.8. The van der Waals surface area contributed by atoms with E-state index in [0.717, 1.165) is 30.2 Å². The van der Waals surface area contributed by atoms with Crippen LogP contribution in [-0.4, -0.2) is 58.3 Å². The average molecular weight is 474 g/mol. The van der Waals surface area contributed by atoms with Gasteiger partial charge in [0.05, 0.1) is 6.54 Å². The Bertz CT molecular complexity index is 600. The molecule has 0 aliphatic carbocycles. The van der Waals surface area contributed by atoms with Crippen molar-refractivity contribution >= 4 is 51.3 Å². The van der Waals surface area contributed by atoms with Crippen LogP contribution in [0.4, 0.5) is 0 Å². The minimum absolute atomic E-state index is 0. The van der Waals surface area contributed by atoms with Gasteiger partial charge in [-0.25, -0.2) is 12.7 Å². The molecule has 1 heterocycles. The van der Waals surface area contributed by atoms with Crippen molar-refractivity contribution in [3.05, 3.63) is 17.0 Å². The number of rotatable bonds is 7. The van der Waals surface area contributed by atoms with Crippen molar-refractivity contribution in [3.63, 3.8) is 0 Å². The topological polar surface area (TPSA) is 65.0 Å². The molecule has 0 spiro atoms. The minimum atomic E-state index is -3.35. The Hall–Kier alpha value is -0.390. The molecule has 1 aromatic heterocycles. The lowest BCUT2D eigenvalue weighted by molar-refractivity contribution is 0.465. The number of sulfonamides is 1. The van der Waals surface area contributed by atoms with Crippen LogP contribution in [0.2, 0.25) is 0 Å². The number of unbranched alkanes of at least 4 members (excludes halogenated alkanes) is 1. The molecule has 0 fully saturated rings. The fraction of sp³-hybridized carbons (Fsp3) is 0.643. The molecule has 0 unspecified atom stereocenters. The number of halogens is 1. The summed E-state index contributed by atoms with van der Waals surface area (Å²) in [7, 11) is 3.49. The number of hydrogen-bond donors (Lipinski definition) is 1. The number of thiophene rings is 1. The summed E-state index contributed by atoms with van der Waals surface area (Å²) >= 11 is 1.28. The van der Waals surface area contributed by atoms with Gasteiger partial charge in [-0.1, -0.05) is 13.3 Å². The van der Waals surface area contributed by atoms with E-state index in [1.165, 1.54) is 29.7 Å². The van der Waals surface area contributed by atoms with E-state index in [1.54, 1.807) is 13.1 Å². The summed E-state index contributed by atoms with van der Waals surface area (Å²) in [6.07, 6.45) is 2.25. The maximum absolute atomic E-state index is 12.1. The lowest BCUT2D eigenvalue weighted by Crippen LogP contribution is -2.38. The molecule has 0 radical (unpaired) electrons. The number of nitrogens with zero attached hydrogens (tertiary/aromatic N) is 3. The highest BCUT2D eigenvalue weighted by Crippen LogP contribution is 2.23. The number of aliphatic imine (C=N–C) groups is 1. The molecule has 134 valence electrons. The van der Waals surface area contributed by atoms with Gasteiger partial charge in [0.2, 0.25) is 0 Å². The summed E-state index contributed by atoms with van der Waals surface area (Å²) in [6.45, 7) is 3.67. The monoisotopic (exact) mass is 474 g/mol. The fourth-order valence-electron chi connectivity index (χ4n) is 1.82. The van der Waals surface area contributed by atoms with Crippen molar-refractivity contribution in [3.8, 4) is 0 Å². The van der Waals surface area contributed by atoms with Crippen LogP contribution in [0.25, 0.3) is 0 Å². The van der Waals surface area contributed by atoms with Gasteiger partial charge in [0.25, 0.3) is 10.0 Å². The van der Waals surface area contributed by atoms with Crippen LogP contribution in [-0.2, 0) is 16.6 Å². The van der Waals surface area contributed by atoms with E-state index in [-0.39, 0.29) is 24.0 Å². The SMILES string of the molecule is CCCCN(C)C(=NC)NCc1ccc(S(=O)(=O)N(C)C)s1.I. The second-order valence-electron chi connectivity index (χ2n) is 5.18. The third kappa shape index (κ3) is 6.55. The first kappa shape index (κ1) is 22.6. The van der Waals surface area contributed by atoms with Gasteiger partial charge in [0, 0.05) is 39.6 Å². The fourth-order valence-corrected chi connectivity index (χ4v) is 4.29. The lowest BCUT2D eigenvalue weighted by Gasteiger charge is -2.21. The second kappa shape index (κ2) is 10.5.